The fraction of sp³-hybridized carbons (Fsp3) is 0.562. The molecule has 134 valence electrons. The van der Waals surface area contributed by atoms with Crippen LogP contribution in [0.2, 0.25) is 0 Å². The van der Waals surface area contributed by atoms with Crippen LogP contribution in [0.3, 0.4) is 0 Å². The molecule has 0 aromatic heterocycles. The highest BCUT2D eigenvalue weighted by molar-refractivity contribution is 7.89. The van der Waals surface area contributed by atoms with Gasteiger partial charge in [-0.15, -0.1) is 0 Å². The van der Waals surface area contributed by atoms with E-state index < -0.39 is 10.0 Å². The van der Waals surface area contributed by atoms with Crippen molar-refractivity contribution in [2.75, 3.05) is 33.9 Å². The fourth-order valence-corrected chi connectivity index (χ4v) is 3.88. The Labute approximate surface area is 143 Å². The number of carbonyl (C=O) groups is 1. The van der Waals surface area contributed by atoms with Gasteiger partial charge in [0.05, 0.1) is 20.8 Å². The second-order valence-corrected chi connectivity index (χ2v) is 7.66. The van der Waals surface area contributed by atoms with Crippen LogP contribution in [-0.4, -0.2) is 53.1 Å². The molecule has 8 heteroatoms. The van der Waals surface area contributed by atoms with Crippen LogP contribution in [0.4, 0.5) is 0 Å². The molecule has 0 spiro atoms. The number of benzene rings is 1. The third-order valence-corrected chi connectivity index (χ3v) is 5.52. The zero-order valence-corrected chi connectivity index (χ0v) is 15.1. The van der Waals surface area contributed by atoms with E-state index in [2.05, 4.69) is 11.6 Å². The summed E-state index contributed by atoms with van der Waals surface area (Å²) in [7, 11) is -0.985. The summed E-state index contributed by atoms with van der Waals surface area (Å²) in [6.45, 7) is 3.18. The first-order valence-corrected chi connectivity index (χ1v) is 9.35. The molecule has 1 heterocycles. The number of nitrogens with one attached hydrogen (secondary N) is 1. The Balaban J connectivity index is 2.07. The molecular formula is C16H24N2O5S. The number of likely N-dealkylation sites (tertiary alicyclic amines) is 1. The maximum absolute atomic E-state index is 12.5. The molecule has 1 aromatic rings. The van der Waals surface area contributed by atoms with Crippen molar-refractivity contribution in [1.29, 1.82) is 0 Å². The Morgan fingerprint density at radius 2 is 2.08 bits per heavy atom. The highest BCUT2D eigenvalue weighted by Gasteiger charge is 2.24. The fourth-order valence-electron chi connectivity index (χ4n) is 2.76. The zero-order valence-electron chi connectivity index (χ0n) is 14.2. The van der Waals surface area contributed by atoms with Crippen molar-refractivity contribution < 1.29 is 22.7 Å². The molecule has 2 rings (SSSR count). The summed E-state index contributed by atoms with van der Waals surface area (Å²) >= 11 is 0. The third-order valence-electron chi connectivity index (χ3n) is 4.08. The van der Waals surface area contributed by atoms with Crippen LogP contribution in [0.5, 0.6) is 11.5 Å². The number of sulfonamides is 1. The number of carbonyl (C=O) groups excluding carboxylic acids is 1. The molecule has 1 fully saturated rings. The van der Waals surface area contributed by atoms with Gasteiger partial charge in [0.25, 0.3) is 0 Å². The van der Waals surface area contributed by atoms with Gasteiger partial charge in [-0.3, -0.25) is 4.79 Å². The molecule has 1 N–H and O–H groups in total. The topological polar surface area (TPSA) is 84.9 Å². The normalized spacial score (nSPS) is 18.3. The molecule has 1 unspecified atom stereocenters. The lowest BCUT2D eigenvalue weighted by atomic mass is 10.0. The molecule has 0 saturated carbocycles. The highest BCUT2D eigenvalue weighted by atomic mass is 32.2. The lowest BCUT2D eigenvalue weighted by molar-refractivity contribution is -0.131. The highest BCUT2D eigenvalue weighted by Crippen LogP contribution is 2.28. The van der Waals surface area contributed by atoms with E-state index in [0.717, 1.165) is 12.8 Å². The number of hydrogen-bond acceptors (Lipinski definition) is 5. The van der Waals surface area contributed by atoms with Crippen molar-refractivity contribution in [1.82, 2.24) is 9.62 Å². The molecular weight excluding hydrogens is 332 g/mol. The molecule has 0 bridgehead atoms. The van der Waals surface area contributed by atoms with Crippen molar-refractivity contribution in [3.63, 3.8) is 0 Å². The maximum Gasteiger partial charge on any atom is 0.244 e. The first-order valence-electron chi connectivity index (χ1n) is 7.87. The smallest absolute Gasteiger partial charge is 0.244 e. The summed E-state index contributed by atoms with van der Waals surface area (Å²) in [5, 5.41) is 0. The van der Waals surface area contributed by atoms with Gasteiger partial charge in [0.2, 0.25) is 15.9 Å². The van der Waals surface area contributed by atoms with Crippen LogP contribution in [0.1, 0.15) is 19.8 Å². The minimum atomic E-state index is -3.85. The van der Waals surface area contributed by atoms with Crippen molar-refractivity contribution in [2.45, 2.75) is 24.7 Å². The van der Waals surface area contributed by atoms with Crippen LogP contribution < -0.4 is 14.2 Å². The van der Waals surface area contributed by atoms with E-state index >= 15 is 0 Å². The average molecular weight is 356 g/mol. The predicted molar refractivity (Wildman–Crippen MR) is 89.7 cm³/mol. The lowest BCUT2D eigenvalue weighted by Crippen LogP contribution is -2.44. The molecule has 1 atom stereocenters. The number of nitrogens with zero attached hydrogens (tertiary/aromatic N) is 1. The average Bonchev–Trinajstić information content (AvgIpc) is 2.59. The Hall–Kier alpha value is -1.80. The Morgan fingerprint density at radius 3 is 2.71 bits per heavy atom. The Kier molecular flexibility index (Phi) is 6.06. The molecule has 1 aliphatic heterocycles. The van der Waals surface area contributed by atoms with Crippen LogP contribution in [0.25, 0.3) is 0 Å². The Morgan fingerprint density at radius 1 is 1.33 bits per heavy atom. The molecule has 0 aliphatic carbocycles. The minimum Gasteiger partial charge on any atom is -0.497 e. The van der Waals surface area contributed by atoms with E-state index in [1.165, 1.54) is 32.4 Å². The molecule has 0 radical (unpaired) electrons. The summed E-state index contributed by atoms with van der Waals surface area (Å²) in [4.78, 5) is 13.9. The number of ether oxygens (including phenoxy) is 2. The Bertz CT molecular complexity index is 690. The number of hydrogen-bond donors (Lipinski definition) is 1. The molecule has 1 amide bonds. The summed E-state index contributed by atoms with van der Waals surface area (Å²) in [6.07, 6.45) is 2.05. The summed E-state index contributed by atoms with van der Waals surface area (Å²) in [5.74, 6) is 0.892. The monoisotopic (exact) mass is 356 g/mol. The van der Waals surface area contributed by atoms with Crippen LogP contribution in [0.15, 0.2) is 23.1 Å². The largest absolute Gasteiger partial charge is 0.497 e. The lowest BCUT2D eigenvalue weighted by Gasteiger charge is -2.31. The third kappa shape index (κ3) is 4.39. The number of piperidine rings is 1. The predicted octanol–water partition coefficient (Wildman–Crippen LogP) is 1.24. The number of rotatable bonds is 6. The van der Waals surface area contributed by atoms with Crippen molar-refractivity contribution >= 4 is 15.9 Å². The van der Waals surface area contributed by atoms with E-state index in [-0.39, 0.29) is 23.1 Å². The van der Waals surface area contributed by atoms with Gasteiger partial charge in [-0.05, 0) is 30.9 Å². The van der Waals surface area contributed by atoms with Crippen LogP contribution >= 0.6 is 0 Å². The summed E-state index contributed by atoms with van der Waals surface area (Å²) in [5.41, 5.74) is 0. The van der Waals surface area contributed by atoms with Gasteiger partial charge < -0.3 is 14.4 Å². The van der Waals surface area contributed by atoms with Crippen LogP contribution in [0, 0.1) is 5.92 Å². The van der Waals surface area contributed by atoms with E-state index in [9.17, 15) is 13.2 Å². The maximum atomic E-state index is 12.5. The number of methoxy groups -OCH3 is 2. The van der Waals surface area contributed by atoms with Gasteiger partial charge in [-0.25, -0.2) is 13.1 Å². The van der Waals surface area contributed by atoms with Gasteiger partial charge in [0.15, 0.2) is 0 Å². The first kappa shape index (κ1) is 18.5. The number of amides is 1. The van der Waals surface area contributed by atoms with Crippen molar-refractivity contribution in [3.8, 4) is 11.5 Å². The van der Waals surface area contributed by atoms with Crippen molar-refractivity contribution in [2.24, 2.45) is 5.92 Å². The van der Waals surface area contributed by atoms with Gasteiger partial charge in [-0.1, -0.05) is 6.92 Å². The molecule has 1 aliphatic rings. The first-order chi connectivity index (χ1) is 11.4. The van der Waals surface area contributed by atoms with E-state index in [1.807, 2.05) is 0 Å². The van der Waals surface area contributed by atoms with Gasteiger partial charge in [0, 0.05) is 19.2 Å². The standard InChI is InChI=1S/C16H24N2O5S/c1-12-5-4-8-18(11-12)16(19)10-17-24(20,21)15-7-6-13(22-2)9-14(15)23-3/h6-7,9,12,17H,4-5,8,10-11H2,1-3H3. The molecule has 7 nitrogen and oxygen atoms in total. The van der Waals surface area contributed by atoms with Gasteiger partial charge in [-0.2, -0.15) is 0 Å². The van der Waals surface area contributed by atoms with E-state index in [1.54, 1.807) is 4.90 Å². The second kappa shape index (κ2) is 7.85. The molecule has 1 saturated heterocycles. The molecule has 1 aromatic carbocycles. The SMILES string of the molecule is COc1ccc(S(=O)(=O)NCC(=O)N2CCCC(C)C2)c(OC)c1. The quantitative estimate of drug-likeness (QED) is 0.829. The van der Waals surface area contributed by atoms with Gasteiger partial charge in [0.1, 0.15) is 16.4 Å². The second-order valence-electron chi connectivity index (χ2n) is 5.93. The summed E-state index contributed by atoms with van der Waals surface area (Å²) in [6, 6.07) is 4.42. The van der Waals surface area contributed by atoms with E-state index in [0.29, 0.717) is 24.8 Å². The molecule has 24 heavy (non-hydrogen) atoms. The van der Waals surface area contributed by atoms with Gasteiger partial charge >= 0.3 is 0 Å². The van der Waals surface area contributed by atoms with Crippen molar-refractivity contribution in [3.05, 3.63) is 18.2 Å². The summed E-state index contributed by atoms with van der Waals surface area (Å²) < 4.78 is 37.5. The zero-order chi connectivity index (χ0) is 17.7. The minimum absolute atomic E-state index is 0.0226. The van der Waals surface area contributed by atoms with Crippen LogP contribution in [-0.2, 0) is 14.8 Å². The van der Waals surface area contributed by atoms with E-state index in [4.69, 9.17) is 9.47 Å².